The van der Waals surface area contributed by atoms with Gasteiger partial charge in [-0.15, -0.1) is 0 Å². The number of rotatable bonds is 6. The standard InChI is InChI=1S/C12H15FN4O/c1-18-6-5-14-7-10-11(13)3-2-4-12(10)17-9-15-8-16-17/h2-4,8-9,14H,5-7H2,1H3. The maximum Gasteiger partial charge on any atom is 0.138 e. The van der Waals surface area contributed by atoms with Gasteiger partial charge in [0.2, 0.25) is 0 Å². The normalized spacial score (nSPS) is 10.8. The van der Waals surface area contributed by atoms with Crippen LogP contribution in [-0.2, 0) is 11.3 Å². The van der Waals surface area contributed by atoms with E-state index in [4.69, 9.17) is 4.74 Å². The second kappa shape index (κ2) is 6.23. The number of halogens is 1. The highest BCUT2D eigenvalue weighted by atomic mass is 19.1. The van der Waals surface area contributed by atoms with Gasteiger partial charge < -0.3 is 10.1 Å². The molecule has 0 aliphatic rings. The summed E-state index contributed by atoms with van der Waals surface area (Å²) >= 11 is 0. The van der Waals surface area contributed by atoms with Crippen molar-refractivity contribution in [1.29, 1.82) is 0 Å². The van der Waals surface area contributed by atoms with Crippen molar-refractivity contribution >= 4 is 0 Å². The molecule has 1 aromatic carbocycles. The molecule has 0 aliphatic heterocycles. The molecule has 0 radical (unpaired) electrons. The minimum absolute atomic E-state index is 0.257. The molecule has 1 N–H and O–H groups in total. The van der Waals surface area contributed by atoms with Crippen molar-refractivity contribution < 1.29 is 9.13 Å². The van der Waals surface area contributed by atoms with E-state index in [-0.39, 0.29) is 5.82 Å². The van der Waals surface area contributed by atoms with E-state index in [9.17, 15) is 4.39 Å². The van der Waals surface area contributed by atoms with Crippen LogP contribution in [0.25, 0.3) is 5.69 Å². The molecular formula is C12H15FN4O. The lowest BCUT2D eigenvalue weighted by Gasteiger charge is -2.11. The number of hydrogen-bond acceptors (Lipinski definition) is 4. The predicted molar refractivity (Wildman–Crippen MR) is 64.9 cm³/mol. The summed E-state index contributed by atoms with van der Waals surface area (Å²) in [5.41, 5.74) is 1.26. The number of hydrogen-bond donors (Lipinski definition) is 1. The van der Waals surface area contributed by atoms with Gasteiger partial charge in [0.25, 0.3) is 0 Å². The zero-order valence-corrected chi connectivity index (χ0v) is 10.1. The average Bonchev–Trinajstić information content (AvgIpc) is 2.89. The number of methoxy groups -OCH3 is 1. The Morgan fingerprint density at radius 1 is 1.44 bits per heavy atom. The maximum atomic E-state index is 13.8. The Morgan fingerprint density at radius 2 is 2.33 bits per heavy atom. The van der Waals surface area contributed by atoms with E-state index in [0.29, 0.717) is 30.9 Å². The van der Waals surface area contributed by atoms with Crippen LogP contribution in [0.4, 0.5) is 4.39 Å². The third-order valence-corrected chi connectivity index (χ3v) is 2.54. The SMILES string of the molecule is COCCNCc1c(F)cccc1-n1cncn1. The molecule has 0 unspecified atom stereocenters. The molecule has 6 heteroatoms. The lowest BCUT2D eigenvalue weighted by Crippen LogP contribution is -2.20. The summed E-state index contributed by atoms with van der Waals surface area (Å²) in [5, 5.41) is 7.14. The van der Waals surface area contributed by atoms with Crippen LogP contribution in [0, 0.1) is 5.82 Å². The maximum absolute atomic E-state index is 13.8. The smallest absolute Gasteiger partial charge is 0.138 e. The van der Waals surface area contributed by atoms with Gasteiger partial charge in [0.15, 0.2) is 0 Å². The van der Waals surface area contributed by atoms with Crippen LogP contribution >= 0.6 is 0 Å². The van der Waals surface area contributed by atoms with Gasteiger partial charge in [0.05, 0.1) is 12.3 Å². The van der Waals surface area contributed by atoms with Crippen LogP contribution in [-0.4, -0.2) is 35.0 Å². The fourth-order valence-corrected chi connectivity index (χ4v) is 1.66. The van der Waals surface area contributed by atoms with Gasteiger partial charge in [-0.25, -0.2) is 14.1 Å². The fraction of sp³-hybridized carbons (Fsp3) is 0.333. The first-order valence-corrected chi connectivity index (χ1v) is 5.65. The van der Waals surface area contributed by atoms with Gasteiger partial charge in [-0.1, -0.05) is 6.07 Å². The van der Waals surface area contributed by atoms with Gasteiger partial charge >= 0.3 is 0 Å². The Hall–Kier alpha value is -1.79. The average molecular weight is 250 g/mol. The molecule has 1 aromatic heterocycles. The highest BCUT2D eigenvalue weighted by Gasteiger charge is 2.09. The highest BCUT2D eigenvalue weighted by Crippen LogP contribution is 2.16. The highest BCUT2D eigenvalue weighted by molar-refractivity contribution is 5.40. The van der Waals surface area contributed by atoms with E-state index < -0.39 is 0 Å². The van der Waals surface area contributed by atoms with Crippen molar-refractivity contribution in [3.8, 4) is 5.69 Å². The number of ether oxygens (including phenoxy) is 1. The van der Waals surface area contributed by atoms with E-state index in [1.807, 2.05) is 6.07 Å². The van der Waals surface area contributed by atoms with Crippen LogP contribution < -0.4 is 5.32 Å². The third kappa shape index (κ3) is 2.91. The molecule has 0 aliphatic carbocycles. The molecule has 0 bridgehead atoms. The molecule has 5 nitrogen and oxygen atoms in total. The molecule has 2 rings (SSSR count). The minimum atomic E-state index is -0.257. The van der Waals surface area contributed by atoms with Gasteiger partial charge in [-0.3, -0.25) is 0 Å². The predicted octanol–water partition coefficient (Wildman–Crippen LogP) is 1.14. The van der Waals surface area contributed by atoms with E-state index in [2.05, 4.69) is 15.4 Å². The van der Waals surface area contributed by atoms with E-state index >= 15 is 0 Å². The first-order valence-electron chi connectivity index (χ1n) is 5.65. The van der Waals surface area contributed by atoms with Crippen molar-refractivity contribution in [3.63, 3.8) is 0 Å². The number of nitrogens with zero attached hydrogens (tertiary/aromatic N) is 3. The molecule has 1 heterocycles. The molecule has 0 spiro atoms. The summed E-state index contributed by atoms with van der Waals surface area (Å²) in [6.07, 6.45) is 2.97. The molecule has 0 saturated carbocycles. The van der Waals surface area contributed by atoms with E-state index in [1.54, 1.807) is 24.2 Å². The van der Waals surface area contributed by atoms with Gasteiger partial charge in [-0.2, -0.15) is 5.10 Å². The second-order valence-electron chi connectivity index (χ2n) is 3.75. The van der Waals surface area contributed by atoms with Gasteiger partial charge in [0, 0.05) is 25.8 Å². The van der Waals surface area contributed by atoms with Crippen molar-refractivity contribution in [3.05, 3.63) is 42.2 Å². The minimum Gasteiger partial charge on any atom is -0.383 e. The largest absolute Gasteiger partial charge is 0.383 e. The van der Waals surface area contributed by atoms with E-state index in [0.717, 1.165) is 0 Å². The topological polar surface area (TPSA) is 52.0 Å². The molecule has 18 heavy (non-hydrogen) atoms. The van der Waals surface area contributed by atoms with Gasteiger partial charge in [0.1, 0.15) is 18.5 Å². The number of nitrogens with one attached hydrogen (secondary N) is 1. The van der Waals surface area contributed by atoms with Crippen molar-refractivity contribution in [2.75, 3.05) is 20.3 Å². The molecule has 0 fully saturated rings. The quantitative estimate of drug-likeness (QED) is 0.781. The zero-order chi connectivity index (χ0) is 12.8. The number of aromatic nitrogens is 3. The molecule has 96 valence electrons. The van der Waals surface area contributed by atoms with Crippen molar-refractivity contribution in [1.82, 2.24) is 20.1 Å². The monoisotopic (exact) mass is 250 g/mol. The van der Waals surface area contributed by atoms with Crippen LogP contribution in [0.2, 0.25) is 0 Å². The summed E-state index contributed by atoms with van der Waals surface area (Å²) in [6.45, 7) is 1.68. The Morgan fingerprint density at radius 3 is 3.06 bits per heavy atom. The summed E-state index contributed by atoms with van der Waals surface area (Å²) in [7, 11) is 1.63. The van der Waals surface area contributed by atoms with E-state index in [1.165, 1.54) is 12.4 Å². The van der Waals surface area contributed by atoms with Crippen molar-refractivity contribution in [2.24, 2.45) is 0 Å². The zero-order valence-electron chi connectivity index (χ0n) is 10.1. The fourth-order valence-electron chi connectivity index (χ4n) is 1.66. The molecular weight excluding hydrogens is 235 g/mol. The molecule has 0 atom stereocenters. The summed E-state index contributed by atoms with van der Waals surface area (Å²) in [6, 6.07) is 4.91. The lowest BCUT2D eigenvalue weighted by atomic mass is 10.1. The summed E-state index contributed by atoms with van der Waals surface area (Å²) in [4.78, 5) is 3.87. The Kier molecular flexibility index (Phi) is 4.38. The molecule has 0 saturated heterocycles. The third-order valence-electron chi connectivity index (χ3n) is 2.54. The lowest BCUT2D eigenvalue weighted by molar-refractivity contribution is 0.199. The van der Waals surface area contributed by atoms with Crippen LogP contribution in [0.15, 0.2) is 30.9 Å². The first-order chi connectivity index (χ1) is 8.83. The Bertz CT molecular complexity index is 487. The number of benzene rings is 1. The van der Waals surface area contributed by atoms with Crippen LogP contribution in [0.1, 0.15) is 5.56 Å². The summed E-state index contributed by atoms with van der Waals surface area (Å²) in [5.74, 6) is -0.257. The Labute approximate surface area is 105 Å². The summed E-state index contributed by atoms with van der Waals surface area (Å²) < 4.78 is 20.3. The van der Waals surface area contributed by atoms with Crippen LogP contribution in [0.3, 0.4) is 0 Å². The second-order valence-corrected chi connectivity index (χ2v) is 3.75. The Balaban J connectivity index is 2.17. The first kappa shape index (κ1) is 12.7. The van der Waals surface area contributed by atoms with Crippen molar-refractivity contribution in [2.45, 2.75) is 6.54 Å². The van der Waals surface area contributed by atoms with Crippen LogP contribution in [0.5, 0.6) is 0 Å². The van der Waals surface area contributed by atoms with Gasteiger partial charge in [-0.05, 0) is 12.1 Å². The molecule has 0 amide bonds. The molecule has 2 aromatic rings.